The van der Waals surface area contributed by atoms with Gasteiger partial charge in [-0.2, -0.15) is 0 Å². The minimum absolute atomic E-state index is 0.0467. The topological polar surface area (TPSA) is 68.0 Å². The molecule has 1 amide bonds. The predicted octanol–water partition coefficient (Wildman–Crippen LogP) is 5.00. The summed E-state index contributed by atoms with van der Waals surface area (Å²) >= 11 is 4.67. The zero-order chi connectivity index (χ0) is 18.5. The quantitative estimate of drug-likeness (QED) is 0.530. The Morgan fingerprint density at radius 3 is 2.65 bits per heavy atom. The van der Waals surface area contributed by atoms with Crippen molar-refractivity contribution in [2.45, 2.75) is 35.5 Å². The third kappa shape index (κ3) is 5.25. The number of amides is 1. The van der Waals surface area contributed by atoms with Gasteiger partial charge in [-0.1, -0.05) is 66.9 Å². The van der Waals surface area contributed by atoms with E-state index >= 15 is 0 Å². The van der Waals surface area contributed by atoms with Gasteiger partial charge in [0.2, 0.25) is 5.91 Å². The maximum Gasteiger partial charge on any atom is 0.231 e. The molecule has 0 aliphatic rings. The molecule has 2 aromatic heterocycles. The van der Waals surface area contributed by atoms with Crippen molar-refractivity contribution in [2.24, 2.45) is 5.92 Å². The minimum atomic E-state index is -0.179. The molecule has 0 saturated carbocycles. The van der Waals surface area contributed by atoms with Gasteiger partial charge in [-0.3, -0.25) is 4.79 Å². The lowest BCUT2D eigenvalue weighted by Crippen LogP contribution is -2.27. The first-order chi connectivity index (χ1) is 12.5. The highest BCUT2D eigenvalue weighted by atomic mass is 32.2. The molecule has 0 fully saturated rings. The van der Waals surface area contributed by atoms with Crippen LogP contribution in [-0.2, 0) is 4.79 Å². The van der Waals surface area contributed by atoms with Crippen molar-refractivity contribution in [3.63, 3.8) is 0 Å². The molecule has 138 valence electrons. The molecule has 3 aromatic rings. The Morgan fingerprint density at radius 2 is 1.92 bits per heavy atom. The summed E-state index contributed by atoms with van der Waals surface area (Å²) < 4.78 is 7.58. The summed E-state index contributed by atoms with van der Waals surface area (Å²) in [5.74, 6) is 2.66. The lowest BCUT2D eigenvalue weighted by atomic mass is 10.2. The van der Waals surface area contributed by atoms with E-state index < -0.39 is 0 Å². The second-order valence-corrected chi connectivity index (χ2v) is 9.77. The maximum absolute atomic E-state index is 12.2. The zero-order valence-corrected chi connectivity index (χ0v) is 17.3. The molecule has 0 radical (unpaired) electrons. The van der Waals surface area contributed by atoms with E-state index in [0.29, 0.717) is 11.7 Å². The van der Waals surface area contributed by atoms with Crippen LogP contribution in [0.3, 0.4) is 0 Å². The monoisotopic (exact) mass is 407 g/mol. The molecule has 0 unspecified atom stereocenters. The molecule has 0 aliphatic carbocycles. The molecule has 0 bridgehead atoms. The van der Waals surface area contributed by atoms with Crippen LogP contribution in [0, 0.1) is 5.92 Å². The van der Waals surface area contributed by atoms with E-state index in [2.05, 4.69) is 29.4 Å². The van der Waals surface area contributed by atoms with Gasteiger partial charge >= 0.3 is 0 Å². The summed E-state index contributed by atoms with van der Waals surface area (Å²) in [6.07, 6.45) is 0. The van der Waals surface area contributed by atoms with Crippen LogP contribution in [0.2, 0.25) is 0 Å². The summed E-state index contributed by atoms with van der Waals surface area (Å²) in [6.45, 7) is 6.28. The number of thioether (sulfide) groups is 2. The molecule has 5 nitrogen and oxygen atoms in total. The smallest absolute Gasteiger partial charge is 0.231 e. The molecule has 0 aliphatic heterocycles. The van der Waals surface area contributed by atoms with Gasteiger partial charge in [-0.05, 0) is 25.0 Å². The number of nitrogens with zero attached hydrogens (tertiary/aromatic N) is 2. The highest BCUT2D eigenvalue weighted by Crippen LogP contribution is 2.30. The maximum atomic E-state index is 12.2. The van der Waals surface area contributed by atoms with Crippen molar-refractivity contribution < 1.29 is 9.21 Å². The molecule has 1 N–H and O–H groups in total. The molecule has 8 heteroatoms. The molecule has 1 aromatic carbocycles. The van der Waals surface area contributed by atoms with Crippen molar-refractivity contribution in [1.82, 2.24) is 15.5 Å². The number of hydrogen-bond donors (Lipinski definition) is 1. The number of rotatable bonds is 8. The van der Waals surface area contributed by atoms with Gasteiger partial charge in [0.1, 0.15) is 11.3 Å². The van der Waals surface area contributed by atoms with E-state index in [9.17, 15) is 4.79 Å². The highest BCUT2D eigenvalue weighted by molar-refractivity contribution is 8.03. The Morgan fingerprint density at radius 1 is 1.19 bits per heavy atom. The molecule has 3 rings (SSSR count). The number of furan rings is 1. The molecule has 1 atom stereocenters. The van der Waals surface area contributed by atoms with Crippen LogP contribution in [0.5, 0.6) is 0 Å². The van der Waals surface area contributed by atoms with Crippen LogP contribution in [0.1, 0.15) is 32.6 Å². The van der Waals surface area contributed by atoms with Crippen molar-refractivity contribution >= 4 is 51.7 Å². The average molecular weight is 408 g/mol. The number of carbonyl (C=O) groups excluding carboxylic acids is 1. The summed E-state index contributed by atoms with van der Waals surface area (Å²) in [6, 6.07) is 9.62. The van der Waals surface area contributed by atoms with Crippen LogP contribution in [-0.4, -0.2) is 27.6 Å². The van der Waals surface area contributed by atoms with E-state index in [1.165, 1.54) is 11.8 Å². The van der Waals surface area contributed by atoms with Gasteiger partial charge in [-0.15, -0.1) is 10.2 Å². The van der Waals surface area contributed by atoms with Gasteiger partial charge in [0.25, 0.3) is 0 Å². The number of hydrogen-bond acceptors (Lipinski definition) is 7. The fraction of sp³-hybridized carbons (Fsp3) is 0.389. The number of benzene rings is 1. The molecular weight excluding hydrogens is 386 g/mol. The van der Waals surface area contributed by atoms with Gasteiger partial charge in [0.05, 0.1) is 11.8 Å². The first-order valence-corrected chi connectivity index (χ1v) is 11.2. The molecular formula is C18H21N3O2S3. The molecule has 2 heterocycles. The molecule has 26 heavy (non-hydrogen) atoms. The van der Waals surface area contributed by atoms with Gasteiger partial charge in [-0.25, -0.2) is 0 Å². The summed E-state index contributed by atoms with van der Waals surface area (Å²) in [7, 11) is 0. The third-order valence-corrected chi connectivity index (χ3v) is 7.12. The van der Waals surface area contributed by atoms with E-state index in [-0.39, 0.29) is 11.9 Å². The van der Waals surface area contributed by atoms with Crippen LogP contribution in [0.4, 0.5) is 0 Å². The van der Waals surface area contributed by atoms with Gasteiger partial charge in [0, 0.05) is 11.1 Å². The second kappa shape index (κ2) is 8.92. The first kappa shape index (κ1) is 19.3. The highest BCUT2D eigenvalue weighted by Gasteiger charge is 2.15. The lowest BCUT2D eigenvalue weighted by molar-refractivity contribution is -0.119. The van der Waals surface area contributed by atoms with E-state index in [1.54, 1.807) is 23.1 Å². The Bertz CT molecular complexity index is 842. The number of fused-ring (bicyclic) bond motifs is 1. The SMILES string of the molecule is CC(C)CSc1nnc(SCC(=O)N[C@H](C)c2cc3ccccc3o2)s1. The first-order valence-electron chi connectivity index (χ1n) is 8.38. The molecule has 0 saturated heterocycles. The van der Waals surface area contributed by atoms with Crippen molar-refractivity contribution in [3.8, 4) is 0 Å². The number of para-hydroxylation sites is 1. The van der Waals surface area contributed by atoms with E-state index in [1.807, 2.05) is 37.3 Å². The summed E-state index contributed by atoms with van der Waals surface area (Å²) in [5, 5.41) is 12.3. The minimum Gasteiger partial charge on any atom is -0.459 e. The Hall–Kier alpha value is -1.51. The van der Waals surface area contributed by atoms with E-state index in [0.717, 1.165) is 31.2 Å². The normalized spacial score (nSPS) is 12.6. The standard InChI is InChI=1S/C18H21N3O2S3/c1-11(2)9-24-17-20-21-18(26-17)25-10-16(22)19-12(3)15-8-13-6-4-5-7-14(13)23-15/h4-8,11-12H,9-10H2,1-3H3,(H,19,22)/t12-/m1/s1. The Kier molecular flexibility index (Phi) is 6.61. The van der Waals surface area contributed by atoms with Gasteiger partial charge in [0.15, 0.2) is 8.68 Å². The van der Waals surface area contributed by atoms with Gasteiger partial charge < -0.3 is 9.73 Å². The average Bonchev–Trinajstić information content (AvgIpc) is 3.24. The Labute approximate surface area is 165 Å². The third-order valence-electron chi connectivity index (χ3n) is 3.50. The summed E-state index contributed by atoms with van der Waals surface area (Å²) in [5.41, 5.74) is 0.832. The largest absolute Gasteiger partial charge is 0.459 e. The lowest BCUT2D eigenvalue weighted by Gasteiger charge is -2.10. The van der Waals surface area contributed by atoms with E-state index in [4.69, 9.17) is 4.42 Å². The number of nitrogens with one attached hydrogen (secondary N) is 1. The van der Waals surface area contributed by atoms with Crippen molar-refractivity contribution in [3.05, 3.63) is 36.1 Å². The van der Waals surface area contributed by atoms with Crippen LogP contribution in [0.15, 0.2) is 43.4 Å². The molecule has 0 spiro atoms. The van der Waals surface area contributed by atoms with Crippen molar-refractivity contribution in [1.29, 1.82) is 0 Å². The number of carbonyl (C=O) groups is 1. The summed E-state index contributed by atoms with van der Waals surface area (Å²) in [4.78, 5) is 12.2. The number of aromatic nitrogens is 2. The van der Waals surface area contributed by atoms with Crippen LogP contribution >= 0.6 is 34.9 Å². The van der Waals surface area contributed by atoms with Crippen molar-refractivity contribution in [2.75, 3.05) is 11.5 Å². The second-order valence-electron chi connectivity index (χ2n) is 6.30. The fourth-order valence-electron chi connectivity index (χ4n) is 2.25. The fourth-order valence-corrected chi connectivity index (χ4v) is 5.06. The van der Waals surface area contributed by atoms with Crippen LogP contribution in [0.25, 0.3) is 11.0 Å². The Balaban J connectivity index is 1.49. The van der Waals surface area contributed by atoms with Crippen LogP contribution < -0.4 is 5.32 Å². The zero-order valence-electron chi connectivity index (χ0n) is 14.9. The predicted molar refractivity (Wildman–Crippen MR) is 109 cm³/mol.